The van der Waals surface area contributed by atoms with E-state index in [0.717, 1.165) is 26.5 Å². The molecular weight excluding hydrogens is 416 g/mol. The second kappa shape index (κ2) is 7.84. The average molecular weight is 426 g/mol. The molecule has 0 heterocycles. The molecule has 0 amide bonds. The maximum atomic E-state index is 8.27. The average Bonchev–Trinajstić information content (AvgIpc) is 2.47. The molecule has 0 fully saturated rings. The zero-order valence-corrected chi connectivity index (χ0v) is 14.3. The molecule has 0 unspecified atom stereocenters. The second-order valence-corrected chi connectivity index (χ2v) is 5.92. The van der Waals surface area contributed by atoms with E-state index in [1.807, 2.05) is 24.3 Å². The van der Waals surface area contributed by atoms with Gasteiger partial charge >= 0.3 is 0 Å². The van der Waals surface area contributed by atoms with Crippen molar-refractivity contribution in [1.82, 2.24) is 0 Å². The Bertz CT molecular complexity index is 746. The number of hydrogen-bond donors (Lipinski definition) is 1. The summed E-state index contributed by atoms with van der Waals surface area (Å²) in [6, 6.07) is 11.0. The highest BCUT2D eigenvalue weighted by molar-refractivity contribution is 9.10. The molecule has 2 aromatic rings. The molecule has 22 heavy (non-hydrogen) atoms. The molecule has 0 aliphatic heterocycles. The Balaban J connectivity index is 2.39. The van der Waals surface area contributed by atoms with E-state index in [2.05, 4.69) is 41.9 Å². The number of nitrogens with zero attached hydrogens (tertiary/aromatic N) is 3. The van der Waals surface area contributed by atoms with Crippen LogP contribution in [0.2, 0.25) is 0 Å². The Labute approximate surface area is 143 Å². The fraction of sp³-hybridized carbons (Fsp3) is 0.0714. The largest absolute Gasteiger partial charge is 0.487 e. The quantitative estimate of drug-likeness (QED) is 0.217. The lowest BCUT2D eigenvalue weighted by Gasteiger charge is -2.09. The fourth-order valence-corrected chi connectivity index (χ4v) is 2.75. The van der Waals surface area contributed by atoms with Crippen LogP contribution in [0.1, 0.15) is 0 Å². The van der Waals surface area contributed by atoms with Crippen molar-refractivity contribution in [2.45, 2.75) is 0 Å². The molecule has 2 rings (SSSR count). The van der Waals surface area contributed by atoms with Crippen LogP contribution in [0.3, 0.4) is 0 Å². The van der Waals surface area contributed by atoms with Crippen molar-refractivity contribution in [3.8, 4) is 22.6 Å². The third kappa shape index (κ3) is 4.49. The van der Waals surface area contributed by atoms with Crippen molar-refractivity contribution in [3.63, 3.8) is 0 Å². The SMILES string of the molecule is [N-]=[N+]=NCOc1cc(Br)cc(-c2cc(Br)cc(OC=N)c2)c1. The first kappa shape index (κ1) is 16.4. The molecule has 0 saturated heterocycles. The Morgan fingerprint density at radius 1 is 1.05 bits per heavy atom. The molecule has 0 atom stereocenters. The van der Waals surface area contributed by atoms with Gasteiger partial charge in [-0.2, -0.15) is 0 Å². The van der Waals surface area contributed by atoms with E-state index in [0.29, 0.717) is 11.5 Å². The molecule has 0 aliphatic carbocycles. The highest BCUT2D eigenvalue weighted by atomic mass is 79.9. The van der Waals surface area contributed by atoms with Gasteiger partial charge in [0.2, 0.25) is 0 Å². The Morgan fingerprint density at radius 2 is 1.64 bits per heavy atom. The van der Waals surface area contributed by atoms with Crippen molar-refractivity contribution in [2.75, 3.05) is 6.73 Å². The van der Waals surface area contributed by atoms with E-state index < -0.39 is 0 Å². The normalized spacial score (nSPS) is 9.73. The predicted octanol–water partition coefficient (Wildman–Crippen LogP) is 5.51. The van der Waals surface area contributed by atoms with Crippen molar-refractivity contribution < 1.29 is 9.47 Å². The number of nitrogens with one attached hydrogen (secondary N) is 1. The first-order valence-corrected chi connectivity index (χ1v) is 7.62. The lowest BCUT2D eigenvalue weighted by atomic mass is 10.1. The van der Waals surface area contributed by atoms with Crippen LogP contribution in [0.5, 0.6) is 11.5 Å². The monoisotopic (exact) mass is 424 g/mol. The molecule has 2 aromatic carbocycles. The molecule has 0 bridgehead atoms. The minimum atomic E-state index is -0.0763. The molecule has 1 N–H and O–H groups in total. The summed E-state index contributed by atoms with van der Waals surface area (Å²) < 4.78 is 12.1. The van der Waals surface area contributed by atoms with Crippen molar-refractivity contribution in [2.24, 2.45) is 5.11 Å². The summed E-state index contributed by atoms with van der Waals surface area (Å²) >= 11 is 6.84. The zero-order valence-electron chi connectivity index (χ0n) is 11.2. The maximum absolute atomic E-state index is 8.27. The summed E-state index contributed by atoms with van der Waals surface area (Å²) in [4.78, 5) is 2.64. The molecule has 112 valence electrons. The summed E-state index contributed by atoms with van der Waals surface area (Å²) in [7, 11) is 0. The summed E-state index contributed by atoms with van der Waals surface area (Å²) in [6.45, 7) is -0.0763. The van der Waals surface area contributed by atoms with Gasteiger partial charge in [-0.3, -0.25) is 5.41 Å². The van der Waals surface area contributed by atoms with Crippen LogP contribution in [0.4, 0.5) is 0 Å². The first-order chi connectivity index (χ1) is 10.6. The van der Waals surface area contributed by atoms with Crippen LogP contribution in [-0.4, -0.2) is 13.1 Å². The predicted molar refractivity (Wildman–Crippen MR) is 91.3 cm³/mol. The minimum absolute atomic E-state index is 0.0763. The van der Waals surface area contributed by atoms with Gasteiger partial charge in [-0.15, -0.1) is 0 Å². The lowest BCUT2D eigenvalue weighted by molar-refractivity contribution is 0.329. The van der Waals surface area contributed by atoms with Crippen LogP contribution in [-0.2, 0) is 0 Å². The van der Waals surface area contributed by atoms with Crippen LogP contribution < -0.4 is 9.47 Å². The van der Waals surface area contributed by atoms with E-state index in [1.54, 1.807) is 12.1 Å². The zero-order chi connectivity index (χ0) is 15.9. The first-order valence-electron chi connectivity index (χ1n) is 6.03. The van der Waals surface area contributed by atoms with E-state index in [1.165, 1.54) is 0 Å². The van der Waals surface area contributed by atoms with Crippen molar-refractivity contribution in [3.05, 3.63) is 55.8 Å². The Morgan fingerprint density at radius 3 is 2.23 bits per heavy atom. The third-order valence-corrected chi connectivity index (χ3v) is 3.54. The molecular formula is C14H10Br2N4O2. The van der Waals surface area contributed by atoms with E-state index in [-0.39, 0.29) is 6.73 Å². The van der Waals surface area contributed by atoms with Gasteiger partial charge in [0.25, 0.3) is 0 Å². The number of halogens is 2. The second-order valence-electron chi connectivity index (χ2n) is 4.09. The van der Waals surface area contributed by atoms with Gasteiger partial charge in [-0.25, -0.2) is 0 Å². The number of benzene rings is 2. The van der Waals surface area contributed by atoms with Gasteiger partial charge < -0.3 is 9.47 Å². The minimum Gasteiger partial charge on any atom is -0.487 e. The van der Waals surface area contributed by atoms with Gasteiger partial charge in [-0.1, -0.05) is 37.0 Å². The van der Waals surface area contributed by atoms with Crippen LogP contribution >= 0.6 is 31.9 Å². The molecule has 8 heteroatoms. The fourth-order valence-electron chi connectivity index (χ4n) is 1.81. The molecule has 0 radical (unpaired) electrons. The molecule has 0 aliphatic rings. The molecule has 6 nitrogen and oxygen atoms in total. The standard InChI is InChI=1S/C14H10Br2N4O2/c15-11-1-9(3-13(5-11)21-7-17)10-2-12(16)6-14(4-10)22-8-19-20-18/h1-7,17H,8H2. The van der Waals surface area contributed by atoms with Gasteiger partial charge in [-0.05, 0) is 53.1 Å². The summed E-state index contributed by atoms with van der Waals surface area (Å²) in [5.41, 5.74) is 10.1. The van der Waals surface area contributed by atoms with Crippen molar-refractivity contribution in [1.29, 1.82) is 5.41 Å². The van der Waals surface area contributed by atoms with Crippen LogP contribution in [0, 0.1) is 5.41 Å². The molecule has 0 aromatic heterocycles. The number of hydrogen-bond acceptors (Lipinski definition) is 4. The smallest absolute Gasteiger partial charge is 0.173 e. The van der Waals surface area contributed by atoms with Crippen molar-refractivity contribution >= 4 is 38.3 Å². The number of ether oxygens (including phenoxy) is 2. The van der Waals surface area contributed by atoms with E-state index >= 15 is 0 Å². The Hall–Kier alpha value is -2.02. The summed E-state index contributed by atoms with van der Waals surface area (Å²) in [5.74, 6) is 1.13. The molecule has 0 spiro atoms. The van der Waals surface area contributed by atoms with Gasteiger partial charge in [0.1, 0.15) is 11.5 Å². The van der Waals surface area contributed by atoms with E-state index in [4.69, 9.17) is 20.4 Å². The Kier molecular flexibility index (Phi) is 5.83. The number of azide groups is 1. The topological polar surface area (TPSA) is 91.1 Å². The van der Waals surface area contributed by atoms with Gasteiger partial charge in [0.05, 0.1) is 0 Å². The highest BCUT2D eigenvalue weighted by Crippen LogP contribution is 2.33. The van der Waals surface area contributed by atoms with Crippen LogP contribution in [0.15, 0.2) is 50.5 Å². The molecule has 0 saturated carbocycles. The number of rotatable bonds is 6. The van der Waals surface area contributed by atoms with Gasteiger partial charge in [0.15, 0.2) is 13.1 Å². The summed E-state index contributed by atoms with van der Waals surface area (Å²) in [6.07, 6.45) is 0.876. The van der Waals surface area contributed by atoms with Crippen LogP contribution in [0.25, 0.3) is 21.6 Å². The van der Waals surface area contributed by atoms with Gasteiger partial charge in [0, 0.05) is 13.9 Å². The summed E-state index contributed by atoms with van der Waals surface area (Å²) in [5, 5.41) is 10.4. The lowest BCUT2D eigenvalue weighted by Crippen LogP contribution is -1.93. The maximum Gasteiger partial charge on any atom is 0.173 e. The highest BCUT2D eigenvalue weighted by Gasteiger charge is 2.06. The third-order valence-electron chi connectivity index (χ3n) is 2.62. The van der Waals surface area contributed by atoms with E-state index in [9.17, 15) is 0 Å².